The molecule has 2 heteroatoms. The molecule has 0 amide bonds. The summed E-state index contributed by atoms with van der Waals surface area (Å²) in [6, 6.07) is 2.96. The van der Waals surface area contributed by atoms with E-state index >= 15 is 0 Å². The molecule has 1 N–H and O–H groups in total. The van der Waals surface area contributed by atoms with Crippen LogP contribution in [0.15, 0.2) is 6.07 Å². The highest BCUT2D eigenvalue weighted by molar-refractivity contribution is 5.45. The second-order valence-electron chi connectivity index (χ2n) is 7.07. The molecule has 1 aliphatic heterocycles. The number of piperidine rings is 1. The van der Waals surface area contributed by atoms with Gasteiger partial charge in [-0.05, 0) is 87.7 Å². The lowest BCUT2D eigenvalue weighted by Gasteiger charge is -2.36. The van der Waals surface area contributed by atoms with E-state index in [1.807, 2.05) is 0 Å². The number of aliphatic hydroxyl groups excluding tert-OH is 1. The van der Waals surface area contributed by atoms with Crippen LogP contribution in [0.1, 0.15) is 72.9 Å². The van der Waals surface area contributed by atoms with Crippen molar-refractivity contribution in [3.05, 3.63) is 33.9 Å². The molecule has 1 heterocycles. The molecular weight excluding hydrogens is 270 g/mol. The molecule has 0 aliphatic carbocycles. The van der Waals surface area contributed by atoms with Gasteiger partial charge in [0.25, 0.3) is 0 Å². The third-order valence-electron chi connectivity index (χ3n) is 5.67. The summed E-state index contributed by atoms with van der Waals surface area (Å²) in [7, 11) is 0. The average molecular weight is 303 g/mol. The minimum atomic E-state index is -0.335. The molecular formula is C20H33NO. The standard InChI is InChI=1S/C20H33NO/c1-6-18-9-7-8-11-21(18)12-10-19(22)20-16(4)14(2)13-15(3)17(20)5/h13,18-19,22H,6-12H2,1-5H3. The molecule has 1 saturated heterocycles. The van der Waals surface area contributed by atoms with Crippen molar-refractivity contribution < 1.29 is 5.11 Å². The van der Waals surface area contributed by atoms with Crippen molar-refractivity contribution in [3.63, 3.8) is 0 Å². The smallest absolute Gasteiger partial charge is 0.0807 e. The van der Waals surface area contributed by atoms with E-state index in [0.29, 0.717) is 0 Å². The SMILES string of the molecule is CCC1CCCCN1CCC(O)c1c(C)c(C)cc(C)c1C. The van der Waals surface area contributed by atoms with Crippen molar-refractivity contribution in [1.82, 2.24) is 4.90 Å². The van der Waals surface area contributed by atoms with Crippen LogP contribution >= 0.6 is 0 Å². The fraction of sp³-hybridized carbons (Fsp3) is 0.700. The monoisotopic (exact) mass is 303 g/mol. The van der Waals surface area contributed by atoms with Gasteiger partial charge in [-0.25, -0.2) is 0 Å². The average Bonchev–Trinajstić information content (AvgIpc) is 2.51. The number of nitrogens with zero attached hydrogens (tertiary/aromatic N) is 1. The quantitative estimate of drug-likeness (QED) is 0.858. The molecule has 1 aromatic carbocycles. The highest BCUT2D eigenvalue weighted by atomic mass is 16.3. The first kappa shape index (κ1) is 17.5. The molecule has 2 atom stereocenters. The van der Waals surface area contributed by atoms with Gasteiger partial charge < -0.3 is 10.0 Å². The van der Waals surface area contributed by atoms with Gasteiger partial charge >= 0.3 is 0 Å². The Labute approximate surface area is 136 Å². The molecule has 22 heavy (non-hydrogen) atoms. The Bertz CT molecular complexity index is 483. The van der Waals surface area contributed by atoms with Gasteiger partial charge in [-0.1, -0.05) is 19.4 Å². The second kappa shape index (κ2) is 7.61. The van der Waals surface area contributed by atoms with Crippen molar-refractivity contribution in [2.45, 2.75) is 78.9 Å². The fourth-order valence-corrected chi connectivity index (χ4v) is 4.00. The Kier molecular flexibility index (Phi) is 6.05. The first-order valence-electron chi connectivity index (χ1n) is 8.95. The zero-order valence-electron chi connectivity index (χ0n) is 15.1. The molecule has 124 valence electrons. The minimum Gasteiger partial charge on any atom is -0.388 e. The summed E-state index contributed by atoms with van der Waals surface area (Å²) in [5.74, 6) is 0. The zero-order chi connectivity index (χ0) is 16.3. The maximum atomic E-state index is 10.8. The Balaban J connectivity index is 2.08. The van der Waals surface area contributed by atoms with Crippen molar-refractivity contribution in [2.75, 3.05) is 13.1 Å². The Morgan fingerprint density at radius 1 is 1.14 bits per heavy atom. The third kappa shape index (κ3) is 3.72. The van der Waals surface area contributed by atoms with Crippen molar-refractivity contribution in [2.24, 2.45) is 0 Å². The number of hydrogen-bond acceptors (Lipinski definition) is 2. The molecule has 0 bridgehead atoms. The summed E-state index contributed by atoms with van der Waals surface area (Å²) in [4.78, 5) is 2.60. The maximum absolute atomic E-state index is 10.8. The van der Waals surface area contributed by atoms with Gasteiger partial charge in [-0.2, -0.15) is 0 Å². The zero-order valence-corrected chi connectivity index (χ0v) is 15.1. The van der Waals surface area contributed by atoms with Crippen molar-refractivity contribution >= 4 is 0 Å². The van der Waals surface area contributed by atoms with Crippen molar-refractivity contribution in [1.29, 1.82) is 0 Å². The number of hydrogen-bond donors (Lipinski definition) is 1. The van der Waals surface area contributed by atoms with E-state index in [-0.39, 0.29) is 6.10 Å². The lowest BCUT2D eigenvalue weighted by molar-refractivity contribution is 0.101. The first-order chi connectivity index (χ1) is 10.5. The first-order valence-corrected chi connectivity index (χ1v) is 8.95. The number of aliphatic hydroxyl groups is 1. The number of benzene rings is 1. The molecule has 0 saturated carbocycles. The highest BCUT2D eigenvalue weighted by Crippen LogP contribution is 2.30. The maximum Gasteiger partial charge on any atom is 0.0807 e. The number of rotatable bonds is 5. The third-order valence-corrected chi connectivity index (χ3v) is 5.67. The van der Waals surface area contributed by atoms with E-state index in [2.05, 4.69) is 45.6 Å². The van der Waals surface area contributed by atoms with Crippen LogP contribution in [0.3, 0.4) is 0 Å². The fourth-order valence-electron chi connectivity index (χ4n) is 4.00. The van der Waals surface area contributed by atoms with Gasteiger partial charge in [-0.3, -0.25) is 0 Å². The summed E-state index contributed by atoms with van der Waals surface area (Å²) in [6.45, 7) is 13.1. The van der Waals surface area contributed by atoms with Crippen LogP contribution in [0.2, 0.25) is 0 Å². The predicted molar refractivity (Wildman–Crippen MR) is 94.5 cm³/mol. The van der Waals surface area contributed by atoms with Crippen LogP contribution in [0.25, 0.3) is 0 Å². The molecule has 0 radical (unpaired) electrons. The van der Waals surface area contributed by atoms with E-state index in [4.69, 9.17) is 0 Å². The summed E-state index contributed by atoms with van der Waals surface area (Å²) in [5, 5.41) is 10.8. The van der Waals surface area contributed by atoms with E-state index in [0.717, 1.165) is 19.0 Å². The molecule has 2 nitrogen and oxygen atoms in total. The number of likely N-dealkylation sites (tertiary alicyclic amines) is 1. The lowest BCUT2D eigenvalue weighted by Crippen LogP contribution is -2.40. The summed E-state index contributed by atoms with van der Waals surface area (Å²) in [5.41, 5.74) is 6.29. The van der Waals surface area contributed by atoms with E-state index in [1.165, 1.54) is 60.0 Å². The van der Waals surface area contributed by atoms with Crippen LogP contribution in [-0.2, 0) is 0 Å². The molecule has 0 spiro atoms. The summed E-state index contributed by atoms with van der Waals surface area (Å²) >= 11 is 0. The molecule has 1 aromatic rings. The van der Waals surface area contributed by atoms with Gasteiger partial charge in [0.1, 0.15) is 0 Å². The van der Waals surface area contributed by atoms with Crippen LogP contribution < -0.4 is 0 Å². The lowest BCUT2D eigenvalue weighted by atomic mass is 9.89. The van der Waals surface area contributed by atoms with Gasteiger partial charge in [0, 0.05) is 12.6 Å². The van der Waals surface area contributed by atoms with E-state index in [9.17, 15) is 5.11 Å². The number of aryl methyl sites for hydroxylation is 2. The molecule has 2 rings (SSSR count). The van der Waals surface area contributed by atoms with E-state index < -0.39 is 0 Å². The van der Waals surface area contributed by atoms with Crippen LogP contribution in [0, 0.1) is 27.7 Å². The highest BCUT2D eigenvalue weighted by Gasteiger charge is 2.23. The normalized spacial score (nSPS) is 21.1. The van der Waals surface area contributed by atoms with Gasteiger partial charge in [0.15, 0.2) is 0 Å². The van der Waals surface area contributed by atoms with E-state index in [1.54, 1.807) is 0 Å². The van der Waals surface area contributed by atoms with Crippen molar-refractivity contribution in [3.8, 4) is 0 Å². The Hall–Kier alpha value is -0.860. The van der Waals surface area contributed by atoms with Gasteiger partial charge in [0.2, 0.25) is 0 Å². The van der Waals surface area contributed by atoms with Gasteiger partial charge in [-0.15, -0.1) is 0 Å². The predicted octanol–water partition coefficient (Wildman–Crippen LogP) is 4.61. The summed E-state index contributed by atoms with van der Waals surface area (Å²) in [6.07, 6.45) is 5.76. The Morgan fingerprint density at radius 2 is 1.77 bits per heavy atom. The van der Waals surface area contributed by atoms with Crippen LogP contribution in [0.4, 0.5) is 0 Å². The molecule has 2 unspecified atom stereocenters. The topological polar surface area (TPSA) is 23.5 Å². The molecule has 1 aliphatic rings. The van der Waals surface area contributed by atoms with Crippen LogP contribution in [0.5, 0.6) is 0 Å². The second-order valence-corrected chi connectivity index (χ2v) is 7.07. The Morgan fingerprint density at radius 3 is 2.36 bits per heavy atom. The largest absolute Gasteiger partial charge is 0.388 e. The molecule has 1 fully saturated rings. The van der Waals surface area contributed by atoms with Crippen LogP contribution in [-0.4, -0.2) is 29.1 Å². The van der Waals surface area contributed by atoms with Gasteiger partial charge in [0.05, 0.1) is 6.10 Å². The molecule has 0 aromatic heterocycles. The summed E-state index contributed by atoms with van der Waals surface area (Å²) < 4.78 is 0. The minimum absolute atomic E-state index is 0.335.